The van der Waals surface area contributed by atoms with Crippen molar-refractivity contribution in [1.29, 1.82) is 0 Å². The summed E-state index contributed by atoms with van der Waals surface area (Å²) in [5.41, 5.74) is 0. The zero-order valence-electron chi connectivity index (χ0n) is 16.6. The Morgan fingerprint density at radius 3 is 2.57 bits per heavy atom. The van der Waals surface area contributed by atoms with E-state index in [4.69, 9.17) is 31.0 Å². The SMILES string of the molecule is CN(C)C[C@@H]1CO[C@@H]2CN(C(=O)COc3cccc(Cl)c3)C[C@H]12.O=C(O)C(F)(F)F. The largest absolute Gasteiger partial charge is 0.490 e. The molecule has 30 heavy (non-hydrogen) atoms. The fourth-order valence-corrected chi connectivity index (χ4v) is 3.63. The van der Waals surface area contributed by atoms with Gasteiger partial charge in [-0.05, 0) is 32.3 Å². The lowest BCUT2D eigenvalue weighted by atomic mass is 9.93. The standard InChI is InChI=1S/C17H23ClN2O3.C2HF3O2/c1-19(2)7-12-10-23-16-9-20(8-15(12)16)17(21)11-22-14-5-3-4-13(18)6-14;3-2(4,5)1(6)7/h3-6,12,15-16H,7-11H2,1-2H3;(H,6,7)/t12-,15-,16-;/m1./s1. The molecule has 3 atom stereocenters. The van der Waals surface area contributed by atoms with Crippen LogP contribution in [-0.4, -0.2) is 86.0 Å². The van der Waals surface area contributed by atoms with Crippen LogP contribution in [0.2, 0.25) is 5.02 Å². The Hall–Kier alpha value is -2.04. The van der Waals surface area contributed by atoms with Gasteiger partial charge >= 0.3 is 12.1 Å². The number of nitrogens with zero attached hydrogens (tertiary/aromatic N) is 2. The molecule has 0 saturated carbocycles. The highest BCUT2D eigenvalue weighted by Gasteiger charge is 2.45. The molecular formula is C19H24ClF3N2O5. The topological polar surface area (TPSA) is 79.3 Å². The number of amides is 1. The Balaban J connectivity index is 0.000000396. The van der Waals surface area contributed by atoms with Crippen LogP contribution in [0, 0.1) is 11.8 Å². The number of likely N-dealkylation sites (tertiary alicyclic amines) is 1. The monoisotopic (exact) mass is 452 g/mol. The Bertz CT molecular complexity index is 747. The van der Waals surface area contributed by atoms with E-state index in [2.05, 4.69) is 19.0 Å². The highest BCUT2D eigenvalue weighted by Crippen LogP contribution is 2.34. The highest BCUT2D eigenvalue weighted by atomic mass is 35.5. The Morgan fingerprint density at radius 2 is 2.00 bits per heavy atom. The molecule has 11 heteroatoms. The number of hydrogen-bond donors (Lipinski definition) is 1. The van der Waals surface area contributed by atoms with Crippen LogP contribution in [0.3, 0.4) is 0 Å². The van der Waals surface area contributed by atoms with Gasteiger partial charge in [0.05, 0.1) is 12.7 Å². The van der Waals surface area contributed by atoms with E-state index >= 15 is 0 Å². The number of fused-ring (bicyclic) bond motifs is 1. The minimum Gasteiger partial charge on any atom is -0.484 e. The van der Waals surface area contributed by atoms with Gasteiger partial charge in [0.2, 0.25) is 0 Å². The number of alkyl halides is 3. The number of carbonyl (C=O) groups excluding carboxylic acids is 1. The maximum absolute atomic E-state index is 12.4. The second-order valence-electron chi connectivity index (χ2n) is 7.41. The van der Waals surface area contributed by atoms with Crippen LogP contribution in [-0.2, 0) is 14.3 Å². The van der Waals surface area contributed by atoms with E-state index in [-0.39, 0.29) is 18.6 Å². The molecule has 0 radical (unpaired) electrons. The van der Waals surface area contributed by atoms with Crippen molar-refractivity contribution in [2.75, 3.05) is 46.9 Å². The second kappa shape index (κ2) is 10.3. The van der Waals surface area contributed by atoms with Gasteiger partial charge in [0, 0.05) is 36.5 Å². The Morgan fingerprint density at radius 1 is 1.33 bits per heavy atom. The van der Waals surface area contributed by atoms with E-state index in [0.29, 0.717) is 29.2 Å². The number of carboxylic acid groups (broad SMARTS) is 1. The molecule has 2 heterocycles. The Kier molecular flexibility index (Phi) is 8.34. The van der Waals surface area contributed by atoms with Gasteiger partial charge in [0.25, 0.3) is 5.91 Å². The van der Waals surface area contributed by atoms with Crippen LogP contribution in [0.5, 0.6) is 5.75 Å². The predicted octanol–water partition coefficient (Wildman–Crippen LogP) is 2.39. The van der Waals surface area contributed by atoms with Gasteiger partial charge in [-0.3, -0.25) is 4.79 Å². The molecule has 0 aromatic heterocycles. The van der Waals surface area contributed by atoms with Crippen molar-refractivity contribution in [3.8, 4) is 5.75 Å². The lowest BCUT2D eigenvalue weighted by Crippen LogP contribution is -2.36. The van der Waals surface area contributed by atoms with Crippen molar-refractivity contribution in [2.24, 2.45) is 11.8 Å². The van der Waals surface area contributed by atoms with Gasteiger partial charge < -0.3 is 24.4 Å². The van der Waals surface area contributed by atoms with Gasteiger partial charge in [-0.25, -0.2) is 4.79 Å². The summed E-state index contributed by atoms with van der Waals surface area (Å²) in [6, 6.07) is 7.10. The lowest BCUT2D eigenvalue weighted by molar-refractivity contribution is -0.192. The molecule has 7 nitrogen and oxygen atoms in total. The normalized spacial score (nSPS) is 23.0. The predicted molar refractivity (Wildman–Crippen MR) is 102 cm³/mol. The summed E-state index contributed by atoms with van der Waals surface area (Å²) in [6.45, 7) is 3.28. The van der Waals surface area contributed by atoms with Gasteiger partial charge in [-0.2, -0.15) is 13.2 Å². The average Bonchev–Trinajstić information content (AvgIpc) is 3.21. The van der Waals surface area contributed by atoms with Crippen molar-refractivity contribution < 1.29 is 37.3 Å². The molecular weight excluding hydrogens is 429 g/mol. The molecule has 2 saturated heterocycles. The molecule has 0 aliphatic carbocycles. The van der Waals surface area contributed by atoms with Crippen LogP contribution in [0.4, 0.5) is 13.2 Å². The van der Waals surface area contributed by atoms with E-state index in [1.807, 2.05) is 11.0 Å². The number of halogens is 4. The van der Waals surface area contributed by atoms with Crippen LogP contribution in [0.15, 0.2) is 24.3 Å². The van der Waals surface area contributed by atoms with E-state index in [1.54, 1.807) is 18.2 Å². The van der Waals surface area contributed by atoms with Crippen molar-refractivity contribution in [1.82, 2.24) is 9.80 Å². The Labute approximate surface area is 177 Å². The van der Waals surface area contributed by atoms with Crippen molar-refractivity contribution in [2.45, 2.75) is 12.3 Å². The maximum Gasteiger partial charge on any atom is 0.490 e. The molecule has 0 bridgehead atoms. The first-order chi connectivity index (χ1) is 14.0. The van der Waals surface area contributed by atoms with E-state index < -0.39 is 12.1 Å². The first-order valence-corrected chi connectivity index (χ1v) is 9.57. The third kappa shape index (κ3) is 7.03. The maximum atomic E-state index is 12.4. The van der Waals surface area contributed by atoms with Crippen molar-refractivity contribution >= 4 is 23.5 Å². The molecule has 1 aromatic carbocycles. The van der Waals surface area contributed by atoms with Gasteiger partial charge in [0.15, 0.2) is 6.61 Å². The summed E-state index contributed by atoms with van der Waals surface area (Å²) in [7, 11) is 4.15. The molecule has 2 aliphatic heterocycles. The molecule has 1 N–H and O–H groups in total. The highest BCUT2D eigenvalue weighted by molar-refractivity contribution is 6.30. The van der Waals surface area contributed by atoms with Gasteiger partial charge in [-0.15, -0.1) is 0 Å². The van der Waals surface area contributed by atoms with Crippen LogP contribution in [0.25, 0.3) is 0 Å². The van der Waals surface area contributed by atoms with Crippen LogP contribution < -0.4 is 4.74 Å². The minimum atomic E-state index is -5.08. The van der Waals surface area contributed by atoms with Crippen LogP contribution in [0.1, 0.15) is 0 Å². The van der Waals surface area contributed by atoms with Crippen molar-refractivity contribution in [3.05, 3.63) is 29.3 Å². The molecule has 2 aliphatic rings. The number of benzene rings is 1. The quantitative estimate of drug-likeness (QED) is 0.739. The number of rotatable bonds is 5. The fraction of sp³-hybridized carbons (Fsp3) is 0.579. The number of carbonyl (C=O) groups is 2. The zero-order valence-corrected chi connectivity index (χ0v) is 17.3. The minimum absolute atomic E-state index is 0.00609. The number of ether oxygens (including phenoxy) is 2. The summed E-state index contributed by atoms with van der Waals surface area (Å²) < 4.78 is 43.2. The fourth-order valence-electron chi connectivity index (χ4n) is 3.45. The summed E-state index contributed by atoms with van der Waals surface area (Å²) in [4.78, 5) is 25.3. The first-order valence-electron chi connectivity index (χ1n) is 9.20. The third-order valence-corrected chi connectivity index (χ3v) is 5.03. The number of hydrogen-bond acceptors (Lipinski definition) is 5. The van der Waals surface area contributed by atoms with E-state index in [0.717, 1.165) is 19.7 Å². The number of aliphatic carboxylic acids is 1. The summed E-state index contributed by atoms with van der Waals surface area (Å²) >= 11 is 5.91. The van der Waals surface area contributed by atoms with Crippen LogP contribution >= 0.6 is 11.6 Å². The third-order valence-electron chi connectivity index (χ3n) is 4.79. The second-order valence-corrected chi connectivity index (χ2v) is 7.84. The average molecular weight is 453 g/mol. The van der Waals surface area contributed by atoms with Gasteiger partial charge in [-0.1, -0.05) is 17.7 Å². The summed E-state index contributed by atoms with van der Waals surface area (Å²) in [6.07, 6.45) is -4.91. The zero-order chi connectivity index (χ0) is 22.5. The molecule has 2 fully saturated rings. The molecule has 0 unspecified atom stereocenters. The van der Waals surface area contributed by atoms with E-state index in [1.165, 1.54) is 0 Å². The van der Waals surface area contributed by atoms with E-state index in [9.17, 15) is 18.0 Å². The number of carboxylic acids is 1. The van der Waals surface area contributed by atoms with Crippen molar-refractivity contribution in [3.63, 3.8) is 0 Å². The van der Waals surface area contributed by atoms with Gasteiger partial charge in [0.1, 0.15) is 5.75 Å². The lowest BCUT2D eigenvalue weighted by Gasteiger charge is -2.22. The molecule has 168 valence electrons. The summed E-state index contributed by atoms with van der Waals surface area (Å²) in [5, 5.41) is 7.73. The molecule has 3 rings (SSSR count). The summed E-state index contributed by atoms with van der Waals surface area (Å²) in [5.74, 6) is -1.19. The smallest absolute Gasteiger partial charge is 0.484 e. The molecule has 0 spiro atoms. The molecule has 1 amide bonds. The first kappa shape index (κ1) is 24.2. The molecule has 1 aromatic rings.